The number of fused-ring (bicyclic) bond motifs is 4. The van der Waals surface area contributed by atoms with Crippen LogP contribution in [0.5, 0.6) is 5.75 Å². The standard InChI is InChI=1S/C37H31FN2O/c1-24-12-18-35-33(20-24)31-10-5-11-32(31)37(40-35)27-13-16-29(17-14-27)39-22-34-30-9-3-2-7-26(30)15-19-36(34)41-23-25-6-4-8-28(38)21-25/h2-10,12-22,31-32,37,40H,11,23H2,1H3/t31-,32+,37-/m1/s1. The van der Waals surface area contributed by atoms with E-state index in [2.05, 4.69) is 79.0 Å². The van der Waals surface area contributed by atoms with E-state index in [1.165, 1.54) is 34.5 Å². The van der Waals surface area contributed by atoms with Crippen LogP contribution in [0.3, 0.4) is 0 Å². The van der Waals surface area contributed by atoms with Gasteiger partial charge in [-0.1, -0.05) is 84.4 Å². The molecule has 0 spiro atoms. The quantitative estimate of drug-likeness (QED) is 0.173. The molecule has 5 aromatic rings. The molecular formula is C37H31FN2O. The lowest BCUT2D eigenvalue weighted by Gasteiger charge is -2.37. The Morgan fingerprint density at radius 1 is 0.927 bits per heavy atom. The molecule has 1 N–H and O–H groups in total. The van der Waals surface area contributed by atoms with Gasteiger partial charge in [-0.2, -0.15) is 0 Å². The molecule has 0 radical (unpaired) electrons. The van der Waals surface area contributed by atoms with Crippen LogP contribution in [0.4, 0.5) is 15.8 Å². The summed E-state index contributed by atoms with van der Waals surface area (Å²) in [7, 11) is 0. The van der Waals surface area contributed by atoms with Gasteiger partial charge in [0.15, 0.2) is 0 Å². The molecule has 41 heavy (non-hydrogen) atoms. The van der Waals surface area contributed by atoms with E-state index in [1.54, 1.807) is 6.07 Å². The summed E-state index contributed by atoms with van der Waals surface area (Å²) in [4.78, 5) is 4.86. The molecule has 4 heteroatoms. The number of aryl methyl sites for hydroxylation is 1. The van der Waals surface area contributed by atoms with Gasteiger partial charge in [0.25, 0.3) is 0 Å². The molecule has 0 bridgehead atoms. The number of halogens is 1. The fourth-order valence-corrected chi connectivity index (χ4v) is 6.27. The molecule has 202 valence electrons. The number of ether oxygens (including phenoxy) is 1. The van der Waals surface area contributed by atoms with Crippen LogP contribution in [0.1, 0.15) is 46.2 Å². The first-order valence-corrected chi connectivity index (χ1v) is 14.2. The SMILES string of the molecule is Cc1ccc2c(c1)[C@@H]1C=CC[C@@H]1[C@@H](c1ccc(N=Cc3c(OCc4cccc(F)c4)ccc4ccccc34)cc1)N2. The fraction of sp³-hybridized carbons (Fsp3) is 0.162. The smallest absolute Gasteiger partial charge is 0.129 e. The zero-order valence-electron chi connectivity index (χ0n) is 22.9. The second-order valence-electron chi connectivity index (χ2n) is 11.0. The van der Waals surface area contributed by atoms with E-state index in [0.29, 0.717) is 17.6 Å². The number of hydrogen-bond donors (Lipinski definition) is 1. The first-order valence-electron chi connectivity index (χ1n) is 14.2. The van der Waals surface area contributed by atoms with Gasteiger partial charge in [0.1, 0.15) is 18.2 Å². The van der Waals surface area contributed by atoms with Crippen LogP contribution in [0.2, 0.25) is 0 Å². The number of hydrogen-bond acceptors (Lipinski definition) is 3. The molecule has 0 amide bonds. The van der Waals surface area contributed by atoms with Crippen LogP contribution in [0.25, 0.3) is 10.8 Å². The van der Waals surface area contributed by atoms with E-state index in [1.807, 2.05) is 36.5 Å². The molecule has 1 aliphatic carbocycles. The first-order chi connectivity index (χ1) is 20.1. The predicted molar refractivity (Wildman–Crippen MR) is 166 cm³/mol. The van der Waals surface area contributed by atoms with Gasteiger partial charge in [0.2, 0.25) is 0 Å². The average Bonchev–Trinajstić information content (AvgIpc) is 3.50. The Labute approximate surface area is 240 Å². The van der Waals surface area contributed by atoms with Crippen molar-refractivity contribution in [2.45, 2.75) is 31.9 Å². The van der Waals surface area contributed by atoms with Crippen molar-refractivity contribution in [3.63, 3.8) is 0 Å². The minimum atomic E-state index is -0.266. The lowest BCUT2D eigenvalue weighted by Crippen LogP contribution is -2.29. The number of nitrogens with zero attached hydrogens (tertiary/aromatic N) is 1. The highest BCUT2D eigenvalue weighted by molar-refractivity contribution is 6.03. The summed E-state index contributed by atoms with van der Waals surface area (Å²) in [6.45, 7) is 2.44. The topological polar surface area (TPSA) is 33.6 Å². The zero-order valence-corrected chi connectivity index (χ0v) is 22.9. The van der Waals surface area contributed by atoms with Crippen molar-refractivity contribution >= 4 is 28.4 Å². The van der Waals surface area contributed by atoms with Crippen molar-refractivity contribution in [2.75, 3.05) is 5.32 Å². The molecule has 0 fully saturated rings. The van der Waals surface area contributed by atoms with Crippen LogP contribution in [-0.2, 0) is 6.61 Å². The lowest BCUT2D eigenvalue weighted by atomic mass is 9.76. The highest BCUT2D eigenvalue weighted by Crippen LogP contribution is 2.50. The average molecular weight is 539 g/mol. The Balaban J connectivity index is 1.15. The lowest BCUT2D eigenvalue weighted by molar-refractivity contribution is 0.305. The summed E-state index contributed by atoms with van der Waals surface area (Å²) in [5.74, 6) is 1.41. The van der Waals surface area contributed by atoms with Gasteiger partial charge in [0, 0.05) is 23.4 Å². The molecule has 1 heterocycles. The van der Waals surface area contributed by atoms with Gasteiger partial charge in [-0.15, -0.1) is 0 Å². The molecular weight excluding hydrogens is 507 g/mol. The number of benzene rings is 5. The van der Waals surface area contributed by atoms with Gasteiger partial charge >= 0.3 is 0 Å². The van der Waals surface area contributed by atoms with Crippen LogP contribution in [-0.4, -0.2) is 6.21 Å². The summed E-state index contributed by atoms with van der Waals surface area (Å²) in [5, 5.41) is 6.00. The largest absolute Gasteiger partial charge is 0.488 e. The third-order valence-electron chi connectivity index (χ3n) is 8.33. The normalized spacial score (nSPS) is 19.2. The van der Waals surface area contributed by atoms with Crippen molar-refractivity contribution in [1.82, 2.24) is 0 Å². The molecule has 7 rings (SSSR count). The number of rotatable bonds is 6. The van der Waals surface area contributed by atoms with E-state index in [0.717, 1.165) is 34.0 Å². The van der Waals surface area contributed by atoms with Gasteiger partial charge < -0.3 is 10.1 Å². The monoisotopic (exact) mass is 538 g/mol. The maximum Gasteiger partial charge on any atom is 0.129 e. The molecule has 0 aromatic heterocycles. The molecule has 0 unspecified atom stereocenters. The maximum absolute atomic E-state index is 13.7. The number of nitrogens with one attached hydrogen (secondary N) is 1. The molecule has 1 aliphatic heterocycles. The van der Waals surface area contributed by atoms with Crippen molar-refractivity contribution in [2.24, 2.45) is 10.9 Å². The first kappa shape index (κ1) is 25.3. The van der Waals surface area contributed by atoms with Crippen molar-refractivity contribution in [1.29, 1.82) is 0 Å². The third kappa shape index (κ3) is 5.02. The molecule has 0 saturated carbocycles. The van der Waals surface area contributed by atoms with E-state index in [-0.39, 0.29) is 18.5 Å². The van der Waals surface area contributed by atoms with E-state index >= 15 is 0 Å². The molecule has 2 aliphatic rings. The van der Waals surface area contributed by atoms with Gasteiger partial charge in [0.05, 0.1) is 11.7 Å². The predicted octanol–water partition coefficient (Wildman–Crippen LogP) is 9.44. The van der Waals surface area contributed by atoms with Crippen LogP contribution in [0.15, 0.2) is 120 Å². The van der Waals surface area contributed by atoms with Crippen molar-refractivity contribution in [3.05, 3.63) is 149 Å². The van der Waals surface area contributed by atoms with Crippen LogP contribution >= 0.6 is 0 Å². The maximum atomic E-state index is 13.7. The Morgan fingerprint density at radius 3 is 2.68 bits per heavy atom. The fourth-order valence-electron chi connectivity index (χ4n) is 6.27. The third-order valence-corrected chi connectivity index (χ3v) is 8.33. The highest BCUT2D eigenvalue weighted by Gasteiger charge is 2.37. The Morgan fingerprint density at radius 2 is 1.80 bits per heavy atom. The summed E-state index contributed by atoms with van der Waals surface area (Å²) in [6, 6.07) is 34.3. The number of aliphatic imine (C=N–C) groups is 1. The summed E-state index contributed by atoms with van der Waals surface area (Å²) < 4.78 is 19.9. The van der Waals surface area contributed by atoms with E-state index in [9.17, 15) is 4.39 Å². The second-order valence-corrected chi connectivity index (χ2v) is 11.0. The van der Waals surface area contributed by atoms with Gasteiger partial charge in [-0.25, -0.2) is 4.39 Å². The minimum absolute atomic E-state index is 0.254. The summed E-state index contributed by atoms with van der Waals surface area (Å²) in [6.07, 6.45) is 7.67. The van der Waals surface area contributed by atoms with Crippen LogP contribution in [0, 0.1) is 18.7 Å². The molecule has 5 aromatic carbocycles. The zero-order chi connectivity index (χ0) is 27.8. The highest BCUT2D eigenvalue weighted by atomic mass is 19.1. The summed E-state index contributed by atoms with van der Waals surface area (Å²) >= 11 is 0. The van der Waals surface area contributed by atoms with Crippen LogP contribution < -0.4 is 10.1 Å². The van der Waals surface area contributed by atoms with E-state index in [4.69, 9.17) is 9.73 Å². The number of anilines is 1. The second kappa shape index (κ2) is 10.7. The molecule has 0 saturated heterocycles. The van der Waals surface area contributed by atoms with E-state index < -0.39 is 0 Å². The number of allylic oxidation sites excluding steroid dienone is 2. The Kier molecular flexibility index (Phi) is 6.60. The minimum Gasteiger partial charge on any atom is -0.488 e. The Bertz CT molecular complexity index is 1790. The molecule has 3 atom stereocenters. The van der Waals surface area contributed by atoms with Crippen molar-refractivity contribution in [3.8, 4) is 5.75 Å². The van der Waals surface area contributed by atoms with Gasteiger partial charge in [-0.05, 0) is 83.1 Å². The molecule has 3 nitrogen and oxygen atoms in total. The van der Waals surface area contributed by atoms with Gasteiger partial charge in [-0.3, -0.25) is 4.99 Å². The Hall–Kier alpha value is -4.70. The van der Waals surface area contributed by atoms with Crippen molar-refractivity contribution < 1.29 is 9.13 Å². The summed E-state index contributed by atoms with van der Waals surface area (Å²) in [5.41, 5.74) is 7.79.